The van der Waals surface area contributed by atoms with Crippen LogP contribution in [0.2, 0.25) is 0 Å². The Morgan fingerprint density at radius 3 is 2.62 bits per heavy atom. The number of hydrogen-bond acceptors (Lipinski definition) is 4. The van der Waals surface area contributed by atoms with Crippen molar-refractivity contribution in [1.82, 2.24) is 5.32 Å². The van der Waals surface area contributed by atoms with Crippen LogP contribution in [0.5, 0.6) is 11.5 Å². The Bertz CT molecular complexity index is 996. The van der Waals surface area contributed by atoms with Crippen molar-refractivity contribution in [3.05, 3.63) is 59.2 Å². The lowest BCUT2D eigenvalue weighted by Gasteiger charge is -2.49. The van der Waals surface area contributed by atoms with Gasteiger partial charge in [-0.3, -0.25) is 4.79 Å². The number of ether oxygens (including phenoxy) is 2. The van der Waals surface area contributed by atoms with Crippen molar-refractivity contribution in [3.8, 4) is 11.5 Å². The van der Waals surface area contributed by atoms with Crippen LogP contribution in [-0.2, 0) is 10.2 Å². The Labute approximate surface area is 172 Å². The zero-order chi connectivity index (χ0) is 20.8. The minimum absolute atomic E-state index is 0.0743. The number of fused-ring (bicyclic) bond motifs is 3. The minimum Gasteiger partial charge on any atom is -0.497 e. The first-order valence-electron chi connectivity index (χ1n) is 9.93. The molecule has 0 bridgehead atoms. The highest BCUT2D eigenvalue weighted by molar-refractivity contribution is 5.85. The lowest BCUT2D eigenvalue weighted by Crippen LogP contribution is -2.68. The van der Waals surface area contributed by atoms with Gasteiger partial charge < -0.3 is 19.7 Å². The largest absolute Gasteiger partial charge is 0.497 e. The minimum atomic E-state index is -0.636. The molecule has 152 valence electrons. The van der Waals surface area contributed by atoms with E-state index in [4.69, 9.17) is 9.47 Å². The molecule has 5 nitrogen and oxygen atoms in total. The van der Waals surface area contributed by atoms with Gasteiger partial charge in [0.2, 0.25) is 5.91 Å². The number of aryl methyl sites for hydroxylation is 1. The molecule has 0 saturated carbocycles. The number of methoxy groups -OCH3 is 2. The number of carbonyl (C=O) groups excluding carboxylic acids is 1. The highest BCUT2D eigenvalue weighted by Gasteiger charge is 2.57. The van der Waals surface area contributed by atoms with Crippen molar-refractivity contribution >= 4 is 17.7 Å². The summed E-state index contributed by atoms with van der Waals surface area (Å²) in [5.74, 6) is 1.55. The average Bonchev–Trinajstić information content (AvgIpc) is 2.90. The van der Waals surface area contributed by atoms with Gasteiger partial charge in [0.25, 0.3) is 0 Å². The monoisotopic (exact) mass is 392 g/mol. The van der Waals surface area contributed by atoms with Gasteiger partial charge in [-0.2, -0.15) is 0 Å². The summed E-state index contributed by atoms with van der Waals surface area (Å²) < 4.78 is 10.9. The summed E-state index contributed by atoms with van der Waals surface area (Å²) in [5.41, 5.74) is 3.66. The molecule has 4 rings (SSSR count). The molecular weight excluding hydrogens is 364 g/mol. The molecule has 1 atom stereocenters. The van der Waals surface area contributed by atoms with Gasteiger partial charge in [-0.1, -0.05) is 37.6 Å². The fourth-order valence-corrected chi connectivity index (χ4v) is 4.63. The molecule has 2 heterocycles. The van der Waals surface area contributed by atoms with Crippen LogP contribution in [0, 0.1) is 6.92 Å². The SMILES string of the molecule is COc1ccc(C=C[C@]23NC(=O)CCN2c2ccc(C)cc2C3(C)C)c(OC)c1. The average molecular weight is 392 g/mol. The first-order chi connectivity index (χ1) is 13.8. The predicted octanol–water partition coefficient (Wildman–Crippen LogP) is 4.04. The van der Waals surface area contributed by atoms with Crippen LogP contribution in [0.3, 0.4) is 0 Å². The maximum atomic E-state index is 12.5. The van der Waals surface area contributed by atoms with Crippen LogP contribution in [0.15, 0.2) is 42.5 Å². The third-order valence-corrected chi connectivity index (χ3v) is 6.33. The molecule has 1 N–H and O–H groups in total. The third kappa shape index (κ3) is 2.87. The van der Waals surface area contributed by atoms with Crippen LogP contribution in [0.1, 0.15) is 37.0 Å². The maximum Gasteiger partial charge on any atom is 0.223 e. The number of carbonyl (C=O) groups is 1. The second kappa shape index (κ2) is 6.83. The van der Waals surface area contributed by atoms with E-state index in [2.05, 4.69) is 55.3 Å². The normalized spacial score (nSPS) is 22.2. The molecule has 2 aromatic carbocycles. The van der Waals surface area contributed by atoms with Gasteiger partial charge >= 0.3 is 0 Å². The number of nitrogens with zero attached hydrogens (tertiary/aromatic N) is 1. The quantitative estimate of drug-likeness (QED) is 0.853. The Morgan fingerprint density at radius 1 is 1.10 bits per heavy atom. The van der Waals surface area contributed by atoms with Gasteiger partial charge in [0, 0.05) is 35.7 Å². The van der Waals surface area contributed by atoms with Crippen LogP contribution in [0.25, 0.3) is 6.08 Å². The molecule has 0 spiro atoms. The number of hydrogen-bond donors (Lipinski definition) is 1. The molecule has 0 unspecified atom stereocenters. The van der Waals surface area contributed by atoms with Crippen LogP contribution in [0.4, 0.5) is 5.69 Å². The summed E-state index contributed by atoms with van der Waals surface area (Å²) in [4.78, 5) is 14.9. The molecule has 29 heavy (non-hydrogen) atoms. The molecule has 1 amide bonds. The number of nitrogens with one attached hydrogen (secondary N) is 1. The summed E-state index contributed by atoms with van der Waals surface area (Å²) in [7, 11) is 3.29. The van der Waals surface area contributed by atoms with Gasteiger partial charge in [-0.05, 0) is 36.8 Å². The van der Waals surface area contributed by atoms with Crippen molar-refractivity contribution in [2.45, 2.75) is 38.3 Å². The van der Waals surface area contributed by atoms with Crippen molar-refractivity contribution in [2.24, 2.45) is 0 Å². The number of anilines is 1. The smallest absolute Gasteiger partial charge is 0.223 e. The number of benzene rings is 2. The summed E-state index contributed by atoms with van der Waals surface area (Å²) in [6.45, 7) is 7.20. The van der Waals surface area contributed by atoms with E-state index < -0.39 is 5.66 Å². The Balaban J connectivity index is 1.83. The van der Waals surface area contributed by atoms with E-state index in [1.165, 1.54) is 16.8 Å². The van der Waals surface area contributed by atoms with Crippen molar-refractivity contribution < 1.29 is 14.3 Å². The van der Waals surface area contributed by atoms with Crippen molar-refractivity contribution in [3.63, 3.8) is 0 Å². The molecule has 2 aliphatic rings. The molecule has 5 heteroatoms. The van der Waals surface area contributed by atoms with E-state index in [9.17, 15) is 4.79 Å². The fourth-order valence-electron chi connectivity index (χ4n) is 4.63. The topological polar surface area (TPSA) is 50.8 Å². The molecule has 0 aliphatic carbocycles. The fraction of sp³-hybridized carbons (Fsp3) is 0.375. The van der Waals surface area contributed by atoms with Gasteiger partial charge in [0.15, 0.2) is 0 Å². The van der Waals surface area contributed by atoms with Gasteiger partial charge in [0.1, 0.15) is 17.2 Å². The second-order valence-corrected chi connectivity index (χ2v) is 8.30. The van der Waals surface area contributed by atoms with E-state index in [1.807, 2.05) is 24.3 Å². The molecule has 0 radical (unpaired) electrons. The van der Waals surface area contributed by atoms with Gasteiger partial charge in [-0.25, -0.2) is 0 Å². The standard InChI is InChI=1S/C24H28N2O3/c1-16-6-9-20-19(14-16)23(2,3)24(25-22(27)11-13-26(20)24)12-10-17-7-8-18(28-4)15-21(17)29-5/h6-10,12,14-15H,11,13H2,1-5H3,(H,25,27)/t24-/m0/s1. The summed E-state index contributed by atoms with van der Waals surface area (Å²) in [6.07, 6.45) is 4.64. The molecule has 0 aromatic heterocycles. The van der Waals surface area contributed by atoms with E-state index >= 15 is 0 Å². The highest BCUT2D eigenvalue weighted by Crippen LogP contribution is 2.52. The summed E-state index contributed by atoms with van der Waals surface area (Å²) >= 11 is 0. The number of rotatable bonds is 4. The zero-order valence-electron chi connectivity index (χ0n) is 17.7. The highest BCUT2D eigenvalue weighted by atomic mass is 16.5. The molecule has 1 fully saturated rings. The Morgan fingerprint density at radius 2 is 1.90 bits per heavy atom. The third-order valence-electron chi connectivity index (χ3n) is 6.33. The molecular formula is C24H28N2O3. The van der Waals surface area contributed by atoms with E-state index in [0.29, 0.717) is 13.0 Å². The van der Waals surface area contributed by atoms with Gasteiger partial charge in [-0.15, -0.1) is 0 Å². The van der Waals surface area contributed by atoms with Crippen LogP contribution < -0.4 is 19.7 Å². The van der Waals surface area contributed by atoms with Gasteiger partial charge in [0.05, 0.1) is 14.2 Å². The van der Waals surface area contributed by atoms with E-state index in [-0.39, 0.29) is 11.3 Å². The maximum absolute atomic E-state index is 12.5. The van der Waals surface area contributed by atoms with E-state index in [1.54, 1.807) is 14.2 Å². The van der Waals surface area contributed by atoms with E-state index in [0.717, 1.165) is 17.1 Å². The van der Waals surface area contributed by atoms with Crippen LogP contribution >= 0.6 is 0 Å². The molecule has 2 aromatic rings. The Hall–Kier alpha value is -2.95. The molecule has 1 saturated heterocycles. The van der Waals surface area contributed by atoms with Crippen molar-refractivity contribution in [1.29, 1.82) is 0 Å². The number of amides is 1. The lowest BCUT2D eigenvalue weighted by atomic mass is 9.74. The predicted molar refractivity (Wildman–Crippen MR) is 116 cm³/mol. The van der Waals surface area contributed by atoms with Crippen LogP contribution in [-0.4, -0.2) is 32.3 Å². The van der Waals surface area contributed by atoms with Crippen molar-refractivity contribution in [2.75, 3.05) is 25.7 Å². The molecule has 2 aliphatic heterocycles. The lowest BCUT2D eigenvalue weighted by molar-refractivity contribution is -0.124. The summed E-state index contributed by atoms with van der Waals surface area (Å²) in [5, 5.41) is 3.31. The Kier molecular flexibility index (Phi) is 4.56. The first-order valence-corrected chi connectivity index (χ1v) is 9.93. The zero-order valence-corrected chi connectivity index (χ0v) is 17.7. The first kappa shape index (κ1) is 19.4. The summed E-state index contributed by atoms with van der Waals surface area (Å²) in [6, 6.07) is 12.3. The second-order valence-electron chi connectivity index (χ2n) is 8.30.